The van der Waals surface area contributed by atoms with Gasteiger partial charge in [0.2, 0.25) is 0 Å². The maximum absolute atomic E-state index is 11.4. The number of nitrogens with zero attached hydrogens (tertiary/aromatic N) is 3. The highest BCUT2D eigenvalue weighted by Crippen LogP contribution is 2.20. The molecule has 0 aliphatic heterocycles. The lowest BCUT2D eigenvalue weighted by Crippen LogP contribution is -2.36. The number of thiazole rings is 1. The van der Waals surface area contributed by atoms with E-state index >= 15 is 0 Å². The lowest BCUT2D eigenvalue weighted by atomic mass is 10.2. The summed E-state index contributed by atoms with van der Waals surface area (Å²) in [6.45, 7) is 1.12. The minimum Gasteiger partial charge on any atom is -0.341 e. The number of aromatic nitrogens is 2. The third kappa shape index (κ3) is 4.33. The third-order valence-corrected chi connectivity index (χ3v) is 4.44. The van der Waals surface area contributed by atoms with Crippen LogP contribution in [0.3, 0.4) is 0 Å². The molecule has 128 valence electrons. The highest BCUT2D eigenvalue weighted by atomic mass is 32.1. The molecule has 2 heterocycles. The maximum Gasteiger partial charge on any atom is 0.314 e. The Bertz CT molecular complexity index is 887. The average molecular weight is 353 g/mol. The van der Waals surface area contributed by atoms with Crippen molar-refractivity contribution in [3.8, 4) is 11.3 Å². The summed E-state index contributed by atoms with van der Waals surface area (Å²) < 4.78 is 2.10. The molecule has 0 aliphatic carbocycles. The number of carbonyl (C=O) groups is 1. The minimum atomic E-state index is -0.194. The van der Waals surface area contributed by atoms with Crippen LogP contribution in [0.4, 0.5) is 10.6 Å². The number of hydrogen-bond acceptors (Lipinski definition) is 4. The quantitative estimate of drug-likeness (QED) is 0.740. The van der Waals surface area contributed by atoms with Crippen LogP contribution in [-0.2, 0) is 6.54 Å². The van der Waals surface area contributed by atoms with Crippen LogP contribution in [0.2, 0.25) is 0 Å². The second-order valence-electron chi connectivity index (χ2n) is 5.23. The Morgan fingerprint density at radius 2 is 2.00 bits per heavy atom. The first-order valence-corrected chi connectivity index (χ1v) is 8.81. The SMILES string of the molecule is CNC(=O)NCCn1c(-c2ccccc2)csc1=Nc1ccccn1. The molecule has 0 unspecified atom stereocenters. The highest BCUT2D eigenvalue weighted by molar-refractivity contribution is 7.07. The topological polar surface area (TPSA) is 71.3 Å². The van der Waals surface area contributed by atoms with Crippen molar-refractivity contribution in [1.29, 1.82) is 0 Å². The smallest absolute Gasteiger partial charge is 0.314 e. The Labute approximate surface area is 149 Å². The molecule has 0 aliphatic rings. The number of pyridine rings is 1. The van der Waals surface area contributed by atoms with Gasteiger partial charge in [-0.2, -0.15) is 0 Å². The molecule has 1 aromatic carbocycles. The number of urea groups is 1. The summed E-state index contributed by atoms with van der Waals surface area (Å²) in [6, 6.07) is 15.6. The van der Waals surface area contributed by atoms with Crippen molar-refractivity contribution in [2.75, 3.05) is 13.6 Å². The first kappa shape index (κ1) is 16.9. The molecule has 0 fully saturated rings. The van der Waals surface area contributed by atoms with Gasteiger partial charge >= 0.3 is 6.03 Å². The van der Waals surface area contributed by atoms with Gasteiger partial charge in [0.25, 0.3) is 0 Å². The van der Waals surface area contributed by atoms with E-state index in [-0.39, 0.29) is 6.03 Å². The van der Waals surface area contributed by atoms with E-state index in [1.165, 1.54) is 0 Å². The molecular formula is C18H19N5OS. The Hall–Kier alpha value is -2.93. The molecular weight excluding hydrogens is 334 g/mol. The van der Waals surface area contributed by atoms with Crippen LogP contribution in [0.25, 0.3) is 11.3 Å². The van der Waals surface area contributed by atoms with Crippen molar-refractivity contribution >= 4 is 23.2 Å². The fourth-order valence-electron chi connectivity index (χ4n) is 2.36. The van der Waals surface area contributed by atoms with E-state index in [2.05, 4.69) is 42.7 Å². The van der Waals surface area contributed by atoms with E-state index in [4.69, 9.17) is 0 Å². The minimum absolute atomic E-state index is 0.194. The predicted molar refractivity (Wildman–Crippen MR) is 99.7 cm³/mol. The summed E-state index contributed by atoms with van der Waals surface area (Å²) in [7, 11) is 1.60. The maximum atomic E-state index is 11.4. The van der Waals surface area contributed by atoms with Crippen molar-refractivity contribution in [3.63, 3.8) is 0 Å². The Morgan fingerprint density at radius 1 is 1.20 bits per heavy atom. The van der Waals surface area contributed by atoms with Crippen molar-refractivity contribution in [2.45, 2.75) is 6.54 Å². The van der Waals surface area contributed by atoms with Gasteiger partial charge in [-0.3, -0.25) is 0 Å². The van der Waals surface area contributed by atoms with Gasteiger partial charge in [-0.25, -0.2) is 14.8 Å². The first-order chi connectivity index (χ1) is 12.3. The highest BCUT2D eigenvalue weighted by Gasteiger charge is 2.08. The van der Waals surface area contributed by atoms with Crippen molar-refractivity contribution in [1.82, 2.24) is 20.2 Å². The summed E-state index contributed by atoms with van der Waals surface area (Å²) in [5.41, 5.74) is 2.18. The van der Waals surface area contributed by atoms with Gasteiger partial charge in [-0.15, -0.1) is 11.3 Å². The molecule has 2 N–H and O–H groups in total. The molecule has 2 amide bonds. The summed E-state index contributed by atoms with van der Waals surface area (Å²) in [6.07, 6.45) is 1.72. The summed E-state index contributed by atoms with van der Waals surface area (Å²) in [4.78, 5) is 21.2. The van der Waals surface area contributed by atoms with Crippen LogP contribution in [0.1, 0.15) is 0 Å². The van der Waals surface area contributed by atoms with E-state index < -0.39 is 0 Å². The second kappa shape index (κ2) is 8.25. The molecule has 6 nitrogen and oxygen atoms in total. The van der Waals surface area contributed by atoms with Crippen LogP contribution >= 0.6 is 11.3 Å². The molecule has 0 radical (unpaired) electrons. The fraction of sp³-hybridized carbons (Fsp3) is 0.167. The molecule has 7 heteroatoms. The Kier molecular flexibility index (Phi) is 5.58. The summed E-state index contributed by atoms with van der Waals surface area (Å²) >= 11 is 1.56. The van der Waals surface area contributed by atoms with E-state index in [1.807, 2.05) is 36.4 Å². The van der Waals surface area contributed by atoms with E-state index in [0.717, 1.165) is 16.1 Å². The lowest BCUT2D eigenvalue weighted by molar-refractivity contribution is 0.242. The molecule has 0 spiro atoms. The van der Waals surface area contributed by atoms with Crippen molar-refractivity contribution in [2.24, 2.45) is 4.99 Å². The standard InChI is InChI=1S/C18H19N5OS/c1-19-17(24)21-11-12-23-15(14-7-3-2-4-8-14)13-25-18(23)22-16-9-5-6-10-20-16/h2-10,13H,11-12H2,1H3,(H2,19,21,24). The van der Waals surface area contributed by atoms with Crippen LogP contribution in [0, 0.1) is 0 Å². The molecule has 0 saturated heterocycles. The number of hydrogen-bond donors (Lipinski definition) is 2. The predicted octanol–water partition coefficient (Wildman–Crippen LogP) is 2.77. The number of rotatable bonds is 5. The van der Waals surface area contributed by atoms with Gasteiger partial charge in [0, 0.05) is 31.7 Å². The molecule has 0 saturated carbocycles. The molecule has 2 aromatic heterocycles. The van der Waals surface area contributed by atoms with Crippen LogP contribution < -0.4 is 15.4 Å². The zero-order chi connectivity index (χ0) is 17.5. The Morgan fingerprint density at radius 3 is 2.72 bits per heavy atom. The van der Waals surface area contributed by atoms with E-state index in [0.29, 0.717) is 18.9 Å². The molecule has 25 heavy (non-hydrogen) atoms. The zero-order valence-corrected chi connectivity index (χ0v) is 14.7. The van der Waals surface area contributed by atoms with Crippen LogP contribution in [-0.4, -0.2) is 29.2 Å². The third-order valence-electron chi connectivity index (χ3n) is 3.57. The summed E-state index contributed by atoms with van der Waals surface area (Å²) in [5.74, 6) is 0.664. The van der Waals surface area contributed by atoms with Gasteiger partial charge in [0.05, 0.1) is 5.69 Å². The van der Waals surface area contributed by atoms with E-state index in [9.17, 15) is 4.79 Å². The molecule has 0 bridgehead atoms. The monoisotopic (exact) mass is 353 g/mol. The van der Waals surface area contributed by atoms with Crippen molar-refractivity contribution < 1.29 is 4.79 Å². The van der Waals surface area contributed by atoms with E-state index in [1.54, 1.807) is 24.6 Å². The largest absolute Gasteiger partial charge is 0.341 e. The number of nitrogens with one attached hydrogen (secondary N) is 2. The number of amides is 2. The first-order valence-electron chi connectivity index (χ1n) is 7.93. The van der Waals surface area contributed by atoms with Crippen LogP contribution in [0.5, 0.6) is 0 Å². The van der Waals surface area contributed by atoms with Gasteiger partial charge < -0.3 is 15.2 Å². The number of carbonyl (C=O) groups excluding carboxylic acids is 1. The normalized spacial score (nSPS) is 11.3. The second-order valence-corrected chi connectivity index (χ2v) is 6.06. The average Bonchev–Trinajstić information content (AvgIpc) is 3.05. The molecule has 3 rings (SSSR count). The fourth-order valence-corrected chi connectivity index (χ4v) is 3.31. The Balaban J connectivity index is 1.96. The van der Waals surface area contributed by atoms with Crippen molar-refractivity contribution in [3.05, 3.63) is 64.9 Å². The van der Waals surface area contributed by atoms with Gasteiger partial charge in [-0.1, -0.05) is 36.4 Å². The van der Waals surface area contributed by atoms with Gasteiger partial charge in [0.15, 0.2) is 10.6 Å². The molecule has 0 atom stereocenters. The number of benzene rings is 1. The summed E-state index contributed by atoms with van der Waals surface area (Å²) in [5, 5.41) is 7.45. The van der Waals surface area contributed by atoms with Crippen LogP contribution in [0.15, 0.2) is 65.1 Å². The lowest BCUT2D eigenvalue weighted by Gasteiger charge is -2.10. The van der Waals surface area contributed by atoms with Gasteiger partial charge in [-0.05, 0) is 17.7 Å². The van der Waals surface area contributed by atoms with Gasteiger partial charge in [0.1, 0.15) is 0 Å². The zero-order valence-electron chi connectivity index (χ0n) is 13.8. The molecule has 3 aromatic rings.